The Morgan fingerprint density at radius 1 is 1.13 bits per heavy atom. The second-order valence-electron chi connectivity index (χ2n) is 10.6. The topological polar surface area (TPSA) is 154 Å². The highest BCUT2D eigenvalue weighted by molar-refractivity contribution is 6.03. The molecule has 4 aromatic rings. The molecule has 4 N–H and O–H groups in total. The molecule has 1 aliphatic rings. The number of hydrogen-bond donors (Lipinski definition) is 4. The molecule has 12 heteroatoms. The van der Waals surface area contributed by atoms with Crippen LogP contribution in [0.15, 0.2) is 47.5 Å². The first-order chi connectivity index (χ1) is 18.6. The van der Waals surface area contributed by atoms with Crippen LogP contribution >= 0.6 is 0 Å². The molecule has 0 atom stereocenters. The number of rotatable bonds is 6. The number of nitrogens with zero attached hydrogens (tertiary/aromatic N) is 6. The van der Waals surface area contributed by atoms with Crippen molar-refractivity contribution in [3.63, 3.8) is 0 Å². The predicted octanol–water partition coefficient (Wildman–Crippen LogP) is 2.65. The molecular formula is C27H31N9O3. The van der Waals surface area contributed by atoms with Gasteiger partial charge in [0.25, 0.3) is 11.5 Å². The van der Waals surface area contributed by atoms with E-state index in [1.54, 1.807) is 30.5 Å². The molecule has 0 bridgehead atoms. The van der Waals surface area contributed by atoms with Crippen LogP contribution in [0.3, 0.4) is 0 Å². The van der Waals surface area contributed by atoms with Crippen LogP contribution in [-0.2, 0) is 25.1 Å². The number of H-pyrrole nitrogens is 1. The molecule has 202 valence electrons. The Kier molecular flexibility index (Phi) is 6.98. The van der Waals surface area contributed by atoms with Gasteiger partial charge in [-0.05, 0) is 19.2 Å². The first kappa shape index (κ1) is 26.2. The quantitative estimate of drug-likeness (QED) is 0.295. The van der Waals surface area contributed by atoms with E-state index < -0.39 is 11.5 Å². The molecule has 3 aromatic heterocycles. The van der Waals surface area contributed by atoms with Gasteiger partial charge in [0.2, 0.25) is 0 Å². The first-order valence-corrected chi connectivity index (χ1v) is 12.6. The molecule has 0 unspecified atom stereocenters. The summed E-state index contributed by atoms with van der Waals surface area (Å²) in [7, 11) is 2.05. The van der Waals surface area contributed by atoms with Gasteiger partial charge in [-0.1, -0.05) is 32.9 Å². The van der Waals surface area contributed by atoms with Crippen molar-refractivity contribution < 1.29 is 9.90 Å². The van der Waals surface area contributed by atoms with E-state index in [0.717, 1.165) is 31.0 Å². The summed E-state index contributed by atoms with van der Waals surface area (Å²) in [5, 5.41) is 27.4. The van der Waals surface area contributed by atoms with Crippen molar-refractivity contribution in [3.8, 4) is 11.3 Å². The van der Waals surface area contributed by atoms with Gasteiger partial charge < -0.3 is 15.7 Å². The Hall–Kier alpha value is -4.42. The third kappa shape index (κ3) is 5.56. The van der Waals surface area contributed by atoms with Crippen LogP contribution in [0, 0.1) is 0 Å². The molecule has 0 fully saturated rings. The van der Waals surface area contributed by atoms with Crippen LogP contribution in [0.25, 0.3) is 11.3 Å². The molecule has 5 rings (SSSR count). The van der Waals surface area contributed by atoms with Crippen LogP contribution in [0.5, 0.6) is 0 Å². The number of carbonyl (C=O) groups is 1. The molecule has 0 radical (unpaired) electrons. The van der Waals surface area contributed by atoms with E-state index in [9.17, 15) is 14.7 Å². The maximum atomic E-state index is 12.9. The van der Waals surface area contributed by atoms with Gasteiger partial charge in [0.15, 0.2) is 5.82 Å². The Labute approximate surface area is 225 Å². The number of anilines is 3. The zero-order valence-corrected chi connectivity index (χ0v) is 22.3. The molecule has 12 nitrogen and oxygen atoms in total. The second-order valence-corrected chi connectivity index (χ2v) is 10.6. The van der Waals surface area contributed by atoms with E-state index in [4.69, 9.17) is 0 Å². The predicted molar refractivity (Wildman–Crippen MR) is 147 cm³/mol. The van der Waals surface area contributed by atoms with Crippen LogP contribution < -0.4 is 16.2 Å². The van der Waals surface area contributed by atoms with Gasteiger partial charge in [0.05, 0.1) is 36.4 Å². The van der Waals surface area contributed by atoms with Crippen molar-refractivity contribution in [1.82, 2.24) is 34.8 Å². The van der Waals surface area contributed by atoms with Crippen molar-refractivity contribution in [1.29, 1.82) is 0 Å². The Bertz CT molecular complexity index is 1570. The molecule has 0 saturated carbocycles. The van der Waals surface area contributed by atoms with E-state index in [1.165, 1.54) is 6.20 Å². The van der Waals surface area contributed by atoms with E-state index in [-0.39, 0.29) is 23.4 Å². The van der Waals surface area contributed by atoms with Gasteiger partial charge >= 0.3 is 0 Å². The minimum Gasteiger partial charge on any atom is -0.392 e. The number of carbonyl (C=O) groups excluding carboxylic acids is 1. The molecule has 4 heterocycles. The lowest BCUT2D eigenvalue weighted by molar-refractivity contribution is 0.102. The van der Waals surface area contributed by atoms with Crippen molar-refractivity contribution in [2.24, 2.45) is 0 Å². The molecular weight excluding hydrogens is 498 g/mol. The van der Waals surface area contributed by atoms with Crippen molar-refractivity contribution >= 4 is 23.1 Å². The number of aromatic amines is 1. The third-order valence-electron chi connectivity index (χ3n) is 6.57. The normalized spacial score (nSPS) is 13.7. The largest absolute Gasteiger partial charge is 0.392 e. The van der Waals surface area contributed by atoms with Gasteiger partial charge in [0.1, 0.15) is 11.4 Å². The van der Waals surface area contributed by atoms with E-state index >= 15 is 0 Å². The number of fused-ring (bicyclic) bond motifs is 1. The number of aliphatic hydroxyl groups excluding tert-OH is 1. The summed E-state index contributed by atoms with van der Waals surface area (Å²) in [6.45, 7) is 8.13. The molecule has 0 saturated heterocycles. The highest BCUT2D eigenvalue weighted by atomic mass is 16.3. The number of likely N-dealkylation sites (N-methyl/N-ethyl adjacent to an activating group) is 1. The van der Waals surface area contributed by atoms with Gasteiger partial charge in [-0.25, -0.2) is 10.1 Å². The maximum absolute atomic E-state index is 12.9. The molecule has 1 aliphatic heterocycles. The van der Waals surface area contributed by atoms with Crippen molar-refractivity contribution in [3.05, 3.63) is 75.7 Å². The monoisotopic (exact) mass is 529 g/mol. The van der Waals surface area contributed by atoms with E-state index in [0.29, 0.717) is 28.3 Å². The fourth-order valence-electron chi connectivity index (χ4n) is 4.37. The summed E-state index contributed by atoms with van der Waals surface area (Å²) in [6, 6.07) is 8.69. The zero-order valence-electron chi connectivity index (χ0n) is 22.3. The lowest BCUT2D eigenvalue weighted by Gasteiger charge is -2.22. The maximum Gasteiger partial charge on any atom is 0.287 e. The van der Waals surface area contributed by atoms with Crippen molar-refractivity contribution in [2.75, 3.05) is 24.2 Å². The fourth-order valence-corrected chi connectivity index (χ4v) is 4.37. The molecule has 0 aliphatic carbocycles. The zero-order chi connectivity index (χ0) is 27.7. The second kappa shape index (κ2) is 10.4. The minimum absolute atomic E-state index is 0.153. The number of amides is 1. The van der Waals surface area contributed by atoms with Gasteiger partial charge in [-0.3, -0.25) is 24.2 Å². The summed E-state index contributed by atoms with van der Waals surface area (Å²) in [4.78, 5) is 36.3. The Balaban J connectivity index is 1.40. The number of aliphatic hydroxyl groups is 1. The summed E-state index contributed by atoms with van der Waals surface area (Å²) in [5.74, 6) is 0.103. The van der Waals surface area contributed by atoms with Crippen LogP contribution in [0.4, 0.5) is 17.2 Å². The van der Waals surface area contributed by atoms with Crippen LogP contribution in [-0.4, -0.2) is 59.5 Å². The third-order valence-corrected chi connectivity index (χ3v) is 6.57. The fraction of sp³-hybridized carbons (Fsp3) is 0.333. The summed E-state index contributed by atoms with van der Waals surface area (Å²) < 4.78 is 1.93. The summed E-state index contributed by atoms with van der Waals surface area (Å²) >= 11 is 0. The molecule has 1 aromatic carbocycles. The average molecular weight is 530 g/mol. The van der Waals surface area contributed by atoms with Crippen LogP contribution in [0.2, 0.25) is 0 Å². The van der Waals surface area contributed by atoms with Crippen molar-refractivity contribution in [2.45, 2.75) is 45.9 Å². The van der Waals surface area contributed by atoms with E-state index in [1.807, 2.05) is 31.5 Å². The molecule has 0 spiro atoms. The number of hydrogen-bond acceptors (Lipinski definition) is 9. The number of benzene rings is 1. The lowest BCUT2D eigenvalue weighted by Crippen LogP contribution is -2.30. The van der Waals surface area contributed by atoms with Crippen LogP contribution in [0.1, 0.15) is 48.2 Å². The van der Waals surface area contributed by atoms with Gasteiger partial charge in [-0.2, -0.15) is 10.2 Å². The lowest BCUT2D eigenvalue weighted by atomic mass is 9.93. The van der Waals surface area contributed by atoms with Gasteiger partial charge in [-0.15, -0.1) is 0 Å². The minimum atomic E-state index is -0.457. The smallest absolute Gasteiger partial charge is 0.287 e. The van der Waals surface area contributed by atoms with E-state index in [2.05, 4.69) is 47.8 Å². The SMILES string of the molecule is CN1CCn2nc(Nc3cc(-c4cccc(NC(=O)c5cnc(C(C)(C)C)cn5)c4CO)n[nH]c3=O)cc2C1. The summed E-state index contributed by atoms with van der Waals surface area (Å²) in [6.07, 6.45) is 3.03. The first-order valence-electron chi connectivity index (χ1n) is 12.6. The standard InChI is InChI=1S/C27H31N9O3/c1-27(2,3)23-13-28-22(12-29-23)25(38)31-19-7-5-6-17(18(19)15-37)20-11-21(26(39)33-32-20)30-24-10-16-14-35(4)8-9-36(16)34-24/h5-7,10-13,37H,8-9,14-15H2,1-4H3,(H,31,38)(H,33,39)(H,30,32,34). The number of nitrogens with one attached hydrogen (secondary N) is 3. The molecule has 1 amide bonds. The number of aromatic nitrogens is 6. The summed E-state index contributed by atoms with van der Waals surface area (Å²) in [5.41, 5.74) is 3.45. The van der Waals surface area contributed by atoms with Gasteiger partial charge in [0, 0.05) is 47.6 Å². The highest BCUT2D eigenvalue weighted by Crippen LogP contribution is 2.30. The Morgan fingerprint density at radius 3 is 2.67 bits per heavy atom. The average Bonchev–Trinajstić information content (AvgIpc) is 3.30. The molecule has 39 heavy (non-hydrogen) atoms. The highest BCUT2D eigenvalue weighted by Gasteiger charge is 2.20. The Morgan fingerprint density at radius 2 is 1.95 bits per heavy atom.